The molecule has 2 N–H and O–H groups in total. The van der Waals surface area contributed by atoms with Crippen LogP contribution in [0.25, 0.3) is 0 Å². The first-order valence-electron chi connectivity index (χ1n) is 6.61. The molecular weight excluding hydrogens is 228 g/mol. The van der Waals surface area contributed by atoms with Crippen LogP contribution in [0.4, 0.5) is 6.01 Å². The Bertz CT molecular complexity index is 358. The molecule has 0 spiro atoms. The van der Waals surface area contributed by atoms with Gasteiger partial charge in [0.2, 0.25) is 5.89 Å². The Morgan fingerprint density at radius 3 is 2.39 bits per heavy atom. The van der Waals surface area contributed by atoms with E-state index in [0.29, 0.717) is 30.4 Å². The van der Waals surface area contributed by atoms with Crippen molar-refractivity contribution in [2.75, 3.05) is 11.9 Å². The van der Waals surface area contributed by atoms with Crippen LogP contribution in [0.3, 0.4) is 0 Å². The predicted octanol–water partition coefficient (Wildman–Crippen LogP) is 2.66. The zero-order chi connectivity index (χ0) is 13.8. The van der Waals surface area contributed by atoms with E-state index in [1.54, 1.807) is 0 Å². The minimum atomic E-state index is 0.199. The molecule has 0 aliphatic heterocycles. The molecule has 18 heavy (non-hydrogen) atoms. The van der Waals surface area contributed by atoms with E-state index in [1.807, 2.05) is 0 Å². The van der Waals surface area contributed by atoms with Gasteiger partial charge in [-0.1, -0.05) is 46.6 Å². The third-order valence-electron chi connectivity index (χ3n) is 3.39. The van der Waals surface area contributed by atoms with Gasteiger partial charge >= 0.3 is 6.01 Å². The van der Waals surface area contributed by atoms with Crippen molar-refractivity contribution in [1.29, 1.82) is 0 Å². The lowest BCUT2D eigenvalue weighted by molar-refractivity contribution is 0.267. The summed E-state index contributed by atoms with van der Waals surface area (Å²) in [6.07, 6.45) is 0. The number of hydrogen-bond acceptors (Lipinski definition) is 5. The van der Waals surface area contributed by atoms with Gasteiger partial charge in [0.15, 0.2) is 0 Å². The topological polar surface area (TPSA) is 63.0 Å². The van der Waals surface area contributed by atoms with Gasteiger partial charge in [0.25, 0.3) is 0 Å². The molecule has 1 aromatic heterocycles. The van der Waals surface area contributed by atoms with Crippen LogP contribution in [-0.2, 0) is 6.54 Å². The Kier molecular flexibility index (Phi) is 5.14. The SMILES string of the molecule is CC(C)NCc1nnc(NCC(C)(C)C(C)C)o1. The van der Waals surface area contributed by atoms with Gasteiger partial charge in [-0.05, 0) is 11.3 Å². The molecule has 1 heterocycles. The highest BCUT2D eigenvalue weighted by Crippen LogP contribution is 2.26. The van der Waals surface area contributed by atoms with E-state index in [1.165, 1.54) is 0 Å². The molecule has 0 aromatic carbocycles. The average molecular weight is 254 g/mol. The molecule has 1 aromatic rings. The second-order valence-corrected chi connectivity index (χ2v) is 6.03. The normalized spacial score (nSPS) is 12.4. The highest BCUT2D eigenvalue weighted by atomic mass is 16.4. The van der Waals surface area contributed by atoms with E-state index in [9.17, 15) is 0 Å². The van der Waals surface area contributed by atoms with E-state index in [-0.39, 0.29) is 5.41 Å². The van der Waals surface area contributed by atoms with Crippen LogP contribution < -0.4 is 10.6 Å². The summed E-state index contributed by atoms with van der Waals surface area (Å²) >= 11 is 0. The largest absolute Gasteiger partial charge is 0.407 e. The number of nitrogens with one attached hydrogen (secondary N) is 2. The minimum Gasteiger partial charge on any atom is -0.407 e. The Balaban J connectivity index is 2.44. The molecule has 0 radical (unpaired) electrons. The molecule has 0 saturated heterocycles. The van der Waals surface area contributed by atoms with Gasteiger partial charge in [0.05, 0.1) is 6.54 Å². The first-order valence-corrected chi connectivity index (χ1v) is 6.61. The standard InChI is InChI=1S/C13H26N4O/c1-9(2)13(5,6)8-15-12-17-16-11(18-12)7-14-10(3)4/h9-10,14H,7-8H2,1-6H3,(H,15,17). The van der Waals surface area contributed by atoms with Crippen molar-refractivity contribution in [3.8, 4) is 0 Å². The van der Waals surface area contributed by atoms with Crippen LogP contribution in [0.15, 0.2) is 4.42 Å². The van der Waals surface area contributed by atoms with Gasteiger partial charge in [0, 0.05) is 12.6 Å². The molecule has 5 nitrogen and oxygen atoms in total. The maximum absolute atomic E-state index is 5.51. The van der Waals surface area contributed by atoms with Gasteiger partial charge in [0.1, 0.15) is 0 Å². The van der Waals surface area contributed by atoms with E-state index in [0.717, 1.165) is 6.54 Å². The highest BCUT2D eigenvalue weighted by molar-refractivity contribution is 5.17. The zero-order valence-corrected chi connectivity index (χ0v) is 12.4. The summed E-state index contributed by atoms with van der Waals surface area (Å²) in [6.45, 7) is 14.5. The predicted molar refractivity (Wildman–Crippen MR) is 73.4 cm³/mol. The van der Waals surface area contributed by atoms with Crippen molar-refractivity contribution < 1.29 is 4.42 Å². The van der Waals surface area contributed by atoms with Gasteiger partial charge < -0.3 is 15.1 Å². The van der Waals surface area contributed by atoms with Gasteiger partial charge in [-0.25, -0.2) is 0 Å². The Morgan fingerprint density at radius 2 is 1.83 bits per heavy atom. The van der Waals surface area contributed by atoms with Crippen molar-refractivity contribution in [1.82, 2.24) is 15.5 Å². The lowest BCUT2D eigenvalue weighted by Crippen LogP contribution is -2.28. The molecule has 1 rings (SSSR count). The number of rotatable bonds is 7. The molecule has 0 aliphatic carbocycles. The van der Waals surface area contributed by atoms with Crippen LogP contribution in [-0.4, -0.2) is 22.8 Å². The van der Waals surface area contributed by atoms with Crippen molar-refractivity contribution in [3.05, 3.63) is 5.89 Å². The fraction of sp³-hybridized carbons (Fsp3) is 0.846. The summed E-state index contributed by atoms with van der Waals surface area (Å²) in [5.74, 6) is 1.21. The van der Waals surface area contributed by atoms with Crippen molar-refractivity contribution in [3.63, 3.8) is 0 Å². The van der Waals surface area contributed by atoms with Crippen LogP contribution >= 0.6 is 0 Å². The summed E-state index contributed by atoms with van der Waals surface area (Å²) in [7, 11) is 0. The molecule has 0 fully saturated rings. The number of aromatic nitrogens is 2. The average Bonchev–Trinajstić information content (AvgIpc) is 2.71. The minimum absolute atomic E-state index is 0.199. The van der Waals surface area contributed by atoms with E-state index in [4.69, 9.17) is 4.42 Å². The monoisotopic (exact) mass is 254 g/mol. The van der Waals surface area contributed by atoms with Gasteiger partial charge in [-0.3, -0.25) is 0 Å². The number of anilines is 1. The van der Waals surface area contributed by atoms with Crippen molar-refractivity contribution in [2.45, 2.75) is 54.1 Å². The Hall–Kier alpha value is -1.10. The summed E-state index contributed by atoms with van der Waals surface area (Å²) in [6, 6.07) is 0.914. The van der Waals surface area contributed by atoms with Crippen molar-refractivity contribution in [2.24, 2.45) is 11.3 Å². The lowest BCUT2D eigenvalue weighted by Gasteiger charge is -2.28. The number of nitrogens with zero attached hydrogens (tertiary/aromatic N) is 2. The molecule has 5 heteroatoms. The van der Waals surface area contributed by atoms with E-state index >= 15 is 0 Å². The third-order valence-corrected chi connectivity index (χ3v) is 3.39. The van der Waals surface area contributed by atoms with Crippen LogP contribution in [0.1, 0.15) is 47.4 Å². The quantitative estimate of drug-likeness (QED) is 0.783. The number of hydrogen-bond donors (Lipinski definition) is 2. The molecule has 104 valence electrons. The fourth-order valence-corrected chi connectivity index (χ4v) is 1.20. The maximum Gasteiger partial charge on any atom is 0.315 e. The van der Waals surface area contributed by atoms with Crippen LogP contribution in [0, 0.1) is 11.3 Å². The zero-order valence-electron chi connectivity index (χ0n) is 12.4. The van der Waals surface area contributed by atoms with Crippen LogP contribution in [0.2, 0.25) is 0 Å². The molecule has 0 bridgehead atoms. The molecule has 0 aliphatic rings. The summed E-state index contributed by atoms with van der Waals surface area (Å²) in [5.41, 5.74) is 0.199. The van der Waals surface area contributed by atoms with E-state index in [2.05, 4.69) is 62.4 Å². The maximum atomic E-state index is 5.51. The van der Waals surface area contributed by atoms with Gasteiger partial charge in [-0.15, -0.1) is 5.10 Å². The van der Waals surface area contributed by atoms with Crippen LogP contribution in [0.5, 0.6) is 0 Å². The first-order chi connectivity index (χ1) is 8.31. The molecule has 0 atom stereocenters. The second kappa shape index (κ2) is 6.18. The Labute approximate surface area is 110 Å². The summed E-state index contributed by atoms with van der Waals surface area (Å²) in [4.78, 5) is 0. The molecule has 0 amide bonds. The highest BCUT2D eigenvalue weighted by Gasteiger charge is 2.22. The van der Waals surface area contributed by atoms with Crippen molar-refractivity contribution >= 4 is 6.01 Å². The second-order valence-electron chi connectivity index (χ2n) is 6.03. The summed E-state index contributed by atoms with van der Waals surface area (Å²) < 4.78 is 5.51. The molecule has 0 saturated carbocycles. The van der Waals surface area contributed by atoms with E-state index < -0.39 is 0 Å². The summed E-state index contributed by atoms with van der Waals surface area (Å²) in [5, 5.41) is 14.4. The lowest BCUT2D eigenvalue weighted by atomic mass is 9.81. The Morgan fingerprint density at radius 1 is 1.17 bits per heavy atom. The first kappa shape index (κ1) is 15.0. The molecular formula is C13H26N4O. The molecule has 0 unspecified atom stereocenters. The van der Waals surface area contributed by atoms with Gasteiger partial charge in [-0.2, -0.15) is 0 Å². The third kappa shape index (κ3) is 4.64. The fourth-order valence-electron chi connectivity index (χ4n) is 1.20. The smallest absolute Gasteiger partial charge is 0.315 e.